The fourth-order valence-electron chi connectivity index (χ4n) is 0.253. The first-order valence-corrected chi connectivity index (χ1v) is 4.91. The van der Waals surface area contributed by atoms with Gasteiger partial charge in [-0.1, -0.05) is 0 Å². The lowest BCUT2D eigenvalue weighted by atomic mass is 10.8. The second-order valence-corrected chi connectivity index (χ2v) is 3.93. The predicted octanol–water partition coefficient (Wildman–Crippen LogP) is -0.311. The van der Waals surface area contributed by atoms with E-state index in [9.17, 15) is 9.46 Å². The van der Waals surface area contributed by atoms with Gasteiger partial charge in [-0.3, -0.25) is 5.09 Å². The molecule has 50 valence electrons. The molecule has 1 N–H and O–H groups in total. The maximum absolute atomic E-state index is 10.3. The van der Waals surface area contributed by atoms with Gasteiger partial charge in [0.2, 0.25) is 0 Å². The number of nitrogens with one attached hydrogen (secondary N) is 1. The average molecular weight is 154 g/mol. The molecule has 5 heteroatoms. The molecule has 0 aliphatic heterocycles. The first kappa shape index (κ1) is 8.50. The molecule has 0 aliphatic carbocycles. The van der Waals surface area contributed by atoms with Crippen molar-refractivity contribution in [2.45, 2.75) is 0 Å². The highest BCUT2D eigenvalue weighted by Crippen LogP contribution is 2.21. The number of rotatable bonds is 3. The van der Waals surface area contributed by atoms with E-state index in [4.69, 9.17) is 0 Å². The minimum atomic E-state index is -3.23. The van der Waals surface area contributed by atoms with E-state index in [-0.39, 0.29) is 0 Å². The molecule has 0 bridgehead atoms. The molecule has 0 saturated carbocycles. The molecule has 0 rings (SSSR count). The van der Waals surface area contributed by atoms with Crippen molar-refractivity contribution in [2.24, 2.45) is 0 Å². The standard InChI is InChI=1S/C3H10NO2PS/c1-7(5,6)4-2-3-8/h8H,2-3H2,1H3,(H2,4,5,6)/p-1. The van der Waals surface area contributed by atoms with Crippen LogP contribution in [0, 0.1) is 0 Å². The molecule has 0 amide bonds. The van der Waals surface area contributed by atoms with Crippen molar-refractivity contribution in [2.75, 3.05) is 19.0 Å². The van der Waals surface area contributed by atoms with Crippen LogP contribution < -0.4 is 9.98 Å². The normalized spacial score (nSPS) is 17.9. The van der Waals surface area contributed by atoms with Crippen LogP contribution in [0.3, 0.4) is 0 Å². The van der Waals surface area contributed by atoms with Crippen LogP contribution in [-0.2, 0) is 4.57 Å². The summed E-state index contributed by atoms with van der Waals surface area (Å²) in [5.74, 6) is 0.542. The second-order valence-electron chi connectivity index (χ2n) is 1.48. The third-order valence-electron chi connectivity index (χ3n) is 0.511. The maximum atomic E-state index is 10.3. The highest BCUT2D eigenvalue weighted by molar-refractivity contribution is 7.80. The van der Waals surface area contributed by atoms with E-state index in [1.54, 1.807) is 0 Å². The number of hydrogen-bond acceptors (Lipinski definition) is 3. The van der Waals surface area contributed by atoms with E-state index in [1.807, 2.05) is 0 Å². The largest absolute Gasteiger partial charge is 0.788 e. The summed E-state index contributed by atoms with van der Waals surface area (Å²) in [6.45, 7) is 1.57. The van der Waals surface area contributed by atoms with Crippen LogP contribution in [0.5, 0.6) is 0 Å². The quantitative estimate of drug-likeness (QED) is 0.433. The lowest BCUT2D eigenvalue weighted by Crippen LogP contribution is -2.19. The first-order valence-electron chi connectivity index (χ1n) is 2.21. The maximum Gasteiger partial charge on any atom is 0.0738 e. The molecule has 8 heavy (non-hydrogen) atoms. The second kappa shape index (κ2) is 3.51. The summed E-state index contributed by atoms with van der Waals surface area (Å²) in [6, 6.07) is 0. The fourth-order valence-corrected chi connectivity index (χ4v) is 1.06. The van der Waals surface area contributed by atoms with Crippen LogP contribution in [-0.4, -0.2) is 19.0 Å². The molecule has 0 heterocycles. The van der Waals surface area contributed by atoms with Gasteiger partial charge in [0.05, 0.1) is 7.52 Å². The lowest BCUT2D eigenvalue weighted by Gasteiger charge is -2.17. The van der Waals surface area contributed by atoms with Gasteiger partial charge >= 0.3 is 0 Å². The predicted molar refractivity (Wildman–Crippen MR) is 35.4 cm³/mol. The summed E-state index contributed by atoms with van der Waals surface area (Å²) in [6.07, 6.45) is 0. The van der Waals surface area contributed by atoms with E-state index in [0.717, 1.165) is 6.66 Å². The van der Waals surface area contributed by atoms with Crippen molar-refractivity contribution in [3.63, 3.8) is 0 Å². The zero-order valence-electron chi connectivity index (χ0n) is 4.63. The van der Waals surface area contributed by atoms with E-state index < -0.39 is 7.52 Å². The minimum absolute atomic E-state index is 0.417. The Morgan fingerprint density at radius 1 is 1.88 bits per heavy atom. The zero-order valence-corrected chi connectivity index (χ0v) is 6.41. The van der Waals surface area contributed by atoms with Crippen molar-refractivity contribution < 1.29 is 9.46 Å². The Bertz CT molecular complexity index is 101. The van der Waals surface area contributed by atoms with Crippen LogP contribution >= 0.6 is 20.1 Å². The molecule has 0 aromatic heterocycles. The van der Waals surface area contributed by atoms with Crippen molar-refractivity contribution >= 4 is 20.1 Å². The van der Waals surface area contributed by atoms with E-state index in [1.165, 1.54) is 0 Å². The average Bonchev–Trinajstić information content (AvgIpc) is 1.59. The number of thiol groups is 1. The van der Waals surface area contributed by atoms with Gasteiger partial charge in [-0.2, -0.15) is 12.6 Å². The van der Waals surface area contributed by atoms with Crippen LogP contribution in [0.25, 0.3) is 0 Å². The molecule has 0 aliphatic rings. The van der Waals surface area contributed by atoms with Gasteiger partial charge < -0.3 is 9.46 Å². The first-order chi connectivity index (χ1) is 3.56. The Morgan fingerprint density at radius 2 is 2.38 bits per heavy atom. The molecular weight excluding hydrogens is 145 g/mol. The van der Waals surface area contributed by atoms with Gasteiger partial charge in [0.15, 0.2) is 0 Å². The lowest BCUT2D eigenvalue weighted by molar-refractivity contribution is -0.176. The van der Waals surface area contributed by atoms with Gasteiger partial charge in [0, 0.05) is 12.3 Å². The van der Waals surface area contributed by atoms with Crippen LogP contribution in [0.4, 0.5) is 0 Å². The van der Waals surface area contributed by atoms with Crippen LogP contribution in [0.2, 0.25) is 0 Å². The Morgan fingerprint density at radius 3 is 2.50 bits per heavy atom. The Labute approximate surface area is 54.4 Å². The van der Waals surface area contributed by atoms with Gasteiger partial charge in [-0.05, 0) is 6.66 Å². The Hall–Kier alpha value is 0.500. The summed E-state index contributed by atoms with van der Waals surface area (Å²) in [4.78, 5) is 10.3. The van der Waals surface area contributed by atoms with E-state index in [0.29, 0.717) is 12.3 Å². The van der Waals surface area contributed by atoms with Crippen LogP contribution in [0.1, 0.15) is 0 Å². The molecule has 0 saturated heterocycles. The zero-order chi connectivity index (χ0) is 6.62. The molecular formula is C3H9NO2PS-. The molecule has 0 fully saturated rings. The van der Waals surface area contributed by atoms with Gasteiger partial charge in [0.1, 0.15) is 0 Å². The van der Waals surface area contributed by atoms with E-state index >= 15 is 0 Å². The topological polar surface area (TPSA) is 52.2 Å². The van der Waals surface area contributed by atoms with Crippen molar-refractivity contribution in [3.8, 4) is 0 Å². The molecule has 3 nitrogen and oxygen atoms in total. The van der Waals surface area contributed by atoms with Crippen molar-refractivity contribution in [1.82, 2.24) is 5.09 Å². The summed E-state index contributed by atoms with van der Waals surface area (Å²) in [7, 11) is -3.23. The third kappa shape index (κ3) is 6.50. The molecule has 0 aromatic rings. The Balaban J connectivity index is 3.26. The molecule has 0 radical (unpaired) electrons. The summed E-state index contributed by atoms with van der Waals surface area (Å²) < 4.78 is 10.3. The minimum Gasteiger partial charge on any atom is -0.788 e. The number of hydrogen-bond donors (Lipinski definition) is 2. The smallest absolute Gasteiger partial charge is 0.0738 e. The molecule has 0 aromatic carbocycles. The molecule has 0 spiro atoms. The summed E-state index contributed by atoms with van der Waals surface area (Å²) in [5, 5.41) is 2.30. The van der Waals surface area contributed by atoms with Gasteiger partial charge in [-0.15, -0.1) is 0 Å². The van der Waals surface area contributed by atoms with E-state index in [2.05, 4.69) is 17.7 Å². The monoisotopic (exact) mass is 154 g/mol. The van der Waals surface area contributed by atoms with Crippen LogP contribution in [0.15, 0.2) is 0 Å². The molecule has 1 atom stereocenters. The third-order valence-corrected chi connectivity index (χ3v) is 1.53. The fraction of sp³-hybridized carbons (Fsp3) is 1.00. The van der Waals surface area contributed by atoms with Crippen molar-refractivity contribution in [3.05, 3.63) is 0 Å². The summed E-state index contributed by atoms with van der Waals surface area (Å²) >= 11 is 3.81. The SMILES string of the molecule is CP(=O)([O-])NCCS. The highest BCUT2D eigenvalue weighted by Gasteiger charge is 1.92. The summed E-state index contributed by atoms with van der Waals surface area (Å²) in [5.41, 5.74) is 0. The Kier molecular flexibility index (Phi) is 3.73. The van der Waals surface area contributed by atoms with Gasteiger partial charge in [0.25, 0.3) is 0 Å². The molecule has 1 unspecified atom stereocenters. The van der Waals surface area contributed by atoms with Gasteiger partial charge in [-0.25, -0.2) is 0 Å². The highest BCUT2D eigenvalue weighted by atomic mass is 32.1. The van der Waals surface area contributed by atoms with Crippen molar-refractivity contribution in [1.29, 1.82) is 0 Å².